The van der Waals surface area contributed by atoms with Crippen LogP contribution in [-0.4, -0.2) is 45.5 Å². The summed E-state index contributed by atoms with van der Waals surface area (Å²) >= 11 is 2.66. The number of amides is 1. The molecular weight excluding hydrogens is 445 g/mol. The number of benzene rings is 2. The van der Waals surface area contributed by atoms with Gasteiger partial charge in [-0.15, -0.1) is 11.8 Å². The van der Waals surface area contributed by atoms with E-state index in [1.54, 1.807) is 43.0 Å². The Morgan fingerprint density at radius 3 is 2.27 bits per heavy atom. The van der Waals surface area contributed by atoms with Gasteiger partial charge in [0.2, 0.25) is 11.0 Å². The van der Waals surface area contributed by atoms with Crippen LogP contribution in [0.25, 0.3) is 0 Å². The van der Waals surface area contributed by atoms with Crippen molar-refractivity contribution in [1.82, 2.24) is 4.90 Å². The van der Waals surface area contributed by atoms with Gasteiger partial charge in [0, 0.05) is 33.9 Å². The van der Waals surface area contributed by atoms with E-state index in [2.05, 4.69) is 0 Å². The molecule has 0 spiro atoms. The maximum absolute atomic E-state index is 12.9. The summed E-state index contributed by atoms with van der Waals surface area (Å²) in [5.74, 6) is -1.63. The van der Waals surface area contributed by atoms with E-state index in [-0.39, 0.29) is 67.7 Å². The van der Waals surface area contributed by atoms with Gasteiger partial charge in [-0.3, -0.25) is 9.59 Å². The van der Waals surface area contributed by atoms with Gasteiger partial charge in [0.1, 0.15) is 0 Å². The Morgan fingerprint density at radius 1 is 1.07 bits per heavy atom. The maximum Gasteiger partial charge on any atom is 1.00 e. The summed E-state index contributed by atoms with van der Waals surface area (Å²) in [5.41, 5.74) is 0.588. The van der Waals surface area contributed by atoms with Crippen molar-refractivity contribution in [3.8, 4) is 0 Å². The van der Waals surface area contributed by atoms with E-state index in [9.17, 15) is 19.5 Å². The molecule has 1 heterocycles. The molecule has 0 radical (unpaired) electrons. The second kappa shape index (κ2) is 12.4. The van der Waals surface area contributed by atoms with Gasteiger partial charge in [0.15, 0.2) is 0 Å². The van der Waals surface area contributed by atoms with E-state index in [4.69, 9.17) is 0 Å². The Bertz CT molecular complexity index is 866. The first-order valence-corrected chi connectivity index (χ1v) is 11.3. The first-order valence-electron chi connectivity index (χ1n) is 9.41. The van der Waals surface area contributed by atoms with E-state index >= 15 is 0 Å². The summed E-state index contributed by atoms with van der Waals surface area (Å²) < 4.78 is 0. The molecule has 1 aliphatic rings. The van der Waals surface area contributed by atoms with Gasteiger partial charge in [0.25, 0.3) is 0 Å². The predicted octanol–water partition coefficient (Wildman–Crippen LogP) is -0.288. The number of likely N-dealkylation sites (tertiary alicyclic amines) is 1. The molecule has 2 aromatic carbocycles. The Balaban J connectivity index is 0.00000320. The fraction of sp³-hybridized carbons (Fsp3) is 0.318. The number of carbonyl (C=O) groups excluding carboxylic acids is 3. The molecule has 1 unspecified atom stereocenters. The van der Waals surface area contributed by atoms with E-state index in [0.717, 1.165) is 16.7 Å². The summed E-state index contributed by atoms with van der Waals surface area (Å²) in [7, 11) is 0. The topological polar surface area (TPSA) is 77.5 Å². The van der Waals surface area contributed by atoms with Crippen LogP contribution in [0.15, 0.2) is 65.6 Å². The minimum Gasteiger partial charge on any atom is -0.548 e. The molecule has 5 nitrogen and oxygen atoms in total. The zero-order valence-electron chi connectivity index (χ0n) is 17.0. The molecule has 0 saturated carbocycles. The Hall–Kier alpha value is -0.614. The molecule has 1 saturated heterocycles. The number of carbonyl (C=O) groups is 3. The van der Waals surface area contributed by atoms with Crippen molar-refractivity contribution in [1.29, 1.82) is 0 Å². The SMILES string of the molecule is CC(CSC(=O)c1ccccc1)C(=O)N1C[C@@H](Sc2ccccc2)C[C@H]1C(=O)[O-].[K+]. The third kappa shape index (κ3) is 6.95. The smallest absolute Gasteiger partial charge is 0.548 e. The number of rotatable bonds is 7. The molecule has 3 atom stereocenters. The Morgan fingerprint density at radius 2 is 1.67 bits per heavy atom. The third-order valence-electron chi connectivity index (χ3n) is 4.76. The van der Waals surface area contributed by atoms with Gasteiger partial charge >= 0.3 is 51.4 Å². The van der Waals surface area contributed by atoms with E-state index < -0.39 is 17.9 Å². The minimum atomic E-state index is -1.23. The molecule has 3 rings (SSSR count). The van der Waals surface area contributed by atoms with Crippen molar-refractivity contribution in [3.05, 3.63) is 66.2 Å². The summed E-state index contributed by atoms with van der Waals surface area (Å²) in [6, 6.07) is 17.7. The number of carboxylic acid groups (broad SMARTS) is 1. The summed E-state index contributed by atoms with van der Waals surface area (Å²) in [6.45, 7) is 2.09. The number of thioether (sulfide) groups is 2. The fourth-order valence-electron chi connectivity index (χ4n) is 3.25. The van der Waals surface area contributed by atoms with E-state index in [0.29, 0.717) is 24.3 Å². The second-order valence-corrected chi connectivity index (χ2v) is 9.35. The Kier molecular flexibility index (Phi) is 10.6. The summed E-state index contributed by atoms with van der Waals surface area (Å²) in [6.07, 6.45) is 0.358. The van der Waals surface area contributed by atoms with Gasteiger partial charge in [-0.1, -0.05) is 67.2 Å². The number of hydrogen-bond acceptors (Lipinski definition) is 6. The zero-order valence-corrected chi connectivity index (χ0v) is 21.8. The van der Waals surface area contributed by atoms with Crippen LogP contribution in [0, 0.1) is 5.92 Å². The zero-order chi connectivity index (χ0) is 20.8. The molecule has 0 N–H and O–H groups in total. The quantitative estimate of drug-likeness (QED) is 0.521. The molecule has 30 heavy (non-hydrogen) atoms. The molecule has 1 aliphatic heterocycles. The first kappa shape index (κ1) is 25.6. The standard InChI is InChI=1S/C22H23NO4S2.K/c1-15(14-28-22(27)16-8-4-2-5-9-16)20(24)23-13-18(12-19(23)21(25)26)29-17-10-6-3-7-11-17;/h2-11,15,18-19H,12-14H2,1H3,(H,25,26);/q;+1/p-1/t15?,18-,19-;/m0./s1. The van der Waals surface area contributed by atoms with Crippen LogP contribution in [0.3, 0.4) is 0 Å². The van der Waals surface area contributed by atoms with Crippen molar-refractivity contribution in [2.45, 2.75) is 29.5 Å². The number of hydrogen-bond donors (Lipinski definition) is 0. The predicted molar refractivity (Wildman–Crippen MR) is 114 cm³/mol. The average Bonchev–Trinajstić information content (AvgIpc) is 3.16. The van der Waals surface area contributed by atoms with Crippen molar-refractivity contribution in [2.75, 3.05) is 12.3 Å². The van der Waals surface area contributed by atoms with Gasteiger partial charge in [-0.25, -0.2) is 0 Å². The molecule has 0 aromatic heterocycles. The summed E-state index contributed by atoms with van der Waals surface area (Å²) in [4.78, 5) is 39.2. The van der Waals surface area contributed by atoms with E-state index in [1.807, 2.05) is 36.4 Å². The van der Waals surface area contributed by atoms with Gasteiger partial charge in [-0.2, -0.15) is 0 Å². The normalized spacial score (nSPS) is 19.0. The largest absolute Gasteiger partial charge is 1.00 e. The molecule has 152 valence electrons. The first-order chi connectivity index (χ1) is 14.0. The van der Waals surface area contributed by atoms with Crippen molar-refractivity contribution in [2.24, 2.45) is 5.92 Å². The van der Waals surface area contributed by atoms with Crippen molar-refractivity contribution < 1.29 is 70.9 Å². The van der Waals surface area contributed by atoms with Gasteiger partial charge in [-0.05, 0) is 18.6 Å². The number of aliphatic carboxylic acids is 1. The molecule has 8 heteroatoms. The van der Waals surface area contributed by atoms with Crippen molar-refractivity contribution >= 4 is 40.5 Å². The fourth-order valence-corrected chi connectivity index (χ4v) is 5.31. The minimum absolute atomic E-state index is 0. The summed E-state index contributed by atoms with van der Waals surface area (Å²) in [5, 5.41) is 11.5. The number of carboxylic acids is 1. The Labute approximate surface area is 227 Å². The second-order valence-electron chi connectivity index (χ2n) is 6.98. The molecule has 0 bridgehead atoms. The number of nitrogens with zero attached hydrogens (tertiary/aromatic N) is 1. The van der Waals surface area contributed by atoms with Crippen LogP contribution in [-0.2, 0) is 9.59 Å². The van der Waals surface area contributed by atoms with Crippen molar-refractivity contribution in [3.63, 3.8) is 0 Å². The van der Waals surface area contributed by atoms with Crippen LogP contribution >= 0.6 is 23.5 Å². The average molecular weight is 468 g/mol. The van der Waals surface area contributed by atoms with Gasteiger partial charge < -0.3 is 14.8 Å². The van der Waals surface area contributed by atoms with Crippen LogP contribution < -0.4 is 56.5 Å². The van der Waals surface area contributed by atoms with Crippen LogP contribution in [0.5, 0.6) is 0 Å². The molecule has 1 amide bonds. The van der Waals surface area contributed by atoms with Crippen LogP contribution in [0.2, 0.25) is 0 Å². The maximum atomic E-state index is 12.9. The third-order valence-corrected chi connectivity index (χ3v) is 7.14. The van der Waals surface area contributed by atoms with Crippen LogP contribution in [0.1, 0.15) is 23.7 Å². The molecule has 2 aromatic rings. The van der Waals surface area contributed by atoms with E-state index in [1.165, 1.54) is 4.90 Å². The molecular formula is C22H22KNO4S2. The van der Waals surface area contributed by atoms with Crippen LogP contribution in [0.4, 0.5) is 0 Å². The molecule has 0 aliphatic carbocycles. The van der Waals surface area contributed by atoms with Gasteiger partial charge in [0.05, 0.1) is 12.0 Å². The monoisotopic (exact) mass is 467 g/mol. The molecule has 1 fully saturated rings.